The fourth-order valence-electron chi connectivity index (χ4n) is 3.91. The van der Waals surface area contributed by atoms with E-state index in [1.807, 2.05) is 55.5 Å². The molecule has 2 aromatic carbocycles. The van der Waals surface area contributed by atoms with Gasteiger partial charge in [0.15, 0.2) is 0 Å². The third-order valence-corrected chi connectivity index (χ3v) is 5.88. The normalized spacial score (nSPS) is 16.9. The Morgan fingerprint density at radius 3 is 2.53 bits per heavy atom. The maximum absolute atomic E-state index is 12.9. The molecule has 1 aliphatic rings. The van der Waals surface area contributed by atoms with Gasteiger partial charge in [-0.3, -0.25) is 4.90 Å². The van der Waals surface area contributed by atoms with Crippen molar-refractivity contribution in [3.05, 3.63) is 72.0 Å². The molecular formula is C24H29N3O3. The lowest BCUT2D eigenvalue weighted by Crippen LogP contribution is -2.46. The molecule has 1 aromatic heterocycles. The molecule has 2 amide bonds. The Kier molecular flexibility index (Phi) is 6.35. The van der Waals surface area contributed by atoms with E-state index in [1.54, 1.807) is 11.9 Å². The Balaban J connectivity index is 1.43. The van der Waals surface area contributed by atoms with Gasteiger partial charge in [0.1, 0.15) is 11.3 Å². The minimum atomic E-state index is -0.170. The van der Waals surface area contributed by atoms with E-state index in [0.717, 1.165) is 43.0 Å². The second-order valence-corrected chi connectivity index (χ2v) is 7.73. The number of fused-ring (bicyclic) bond motifs is 1. The van der Waals surface area contributed by atoms with Crippen molar-refractivity contribution in [3.8, 4) is 0 Å². The van der Waals surface area contributed by atoms with Gasteiger partial charge in [0, 0.05) is 32.1 Å². The van der Waals surface area contributed by atoms with Gasteiger partial charge >= 0.3 is 6.03 Å². The number of ether oxygens (including phenoxy) is 1. The highest BCUT2D eigenvalue weighted by atomic mass is 16.5. The molecule has 1 saturated heterocycles. The van der Waals surface area contributed by atoms with Crippen molar-refractivity contribution in [3.63, 3.8) is 0 Å². The van der Waals surface area contributed by atoms with Crippen molar-refractivity contribution in [1.82, 2.24) is 15.1 Å². The second-order valence-electron chi connectivity index (χ2n) is 7.73. The number of para-hydroxylation sites is 1. The van der Waals surface area contributed by atoms with E-state index in [2.05, 4.69) is 22.3 Å². The van der Waals surface area contributed by atoms with Crippen molar-refractivity contribution >= 4 is 17.0 Å². The fraction of sp³-hybridized carbons (Fsp3) is 0.375. The molecule has 0 spiro atoms. The van der Waals surface area contributed by atoms with Gasteiger partial charge in [0.05, 0.1) is 25.3 Å². The van der Waals surface area contributed by atoms with Crippen LogP contribution in [-0.4, -0.2) is 55.7 Å². The Bertz CT molecular complexity index is 933. The monoisotopic (exact) mass is 407 g/mol. The fourth-order valence-corrected chi connectivity index (χ4v) is 3.91. The summed E-state index contributed by atoms with van der Waals surface area (Å²) in [5, 5.41) is 4.17. The molecule has 0 radical (unpaired) electrons. The molecule has 2 heterocycles. The average molecular weight is 408 g/mol. The highest BCUT2D eigenvalue weighted by Gasteiger charge is 2.25. The first kappa shape index (κ1) is 20.4. The number of urea groups is 1. The zero-order chi connectivity index (χ0) is 20.9. The van der Waals surface area contributed by atoms with Crippen molar-refractivity contribution in [2.45, 2.75) is 19.0 Å². The molecule has 0 bridgehead atoms. The molecule has 0 saturated carbocycles. The summed E-state index contributed by atoms with van der Waals surface area (Å²) < 4.78 is 11.5. The molecule has 30 heavy (non-hydrogen) atoms. The molecule has 1 fully saturated rings. The molecular weight excluding hydrogens is 378 g/mol. The Morgan fingerprint density at radius 1 is 1.10 bits per heavy atom. The Morgan fingerprint density at radius 2 is 1.80 bits per heavy atom. The predicted octanol–water partition coefficient (Wildman–Crippen LogP) is 4.21. The van der Waals surface area contributed by atoms with E-state index in [-0.39, 0.29) is 18.1 Å². The van der Waals surface area contributed by atoms with Crippen LogP contribution in [0.15, 0.2) is 65.1 Å². The standard InChI is InChI=1S/C24H29N3O3/c1-18(23-16-20-10-6-7-11-22(20)30-23)26(2)24(28)25-17-21(19-8-4-3-5-9-19)27-12-14-29-15-13-27/h3-11,16,18,21H,12-15,17H2,1-2H3,(H,25,28)/t18-,21-/m0/s1. The molecule has 1 aliphatic heterocycles. The first-order valence-electron chi connectivity index (χ1n) is 10.5. The number of hydrogen-bond donors (Lipinski definition) is 1. The number of nitrogens with one attached hydrogen (secondary N) is 1. The lowest BCUT2D eigenvalue weighted by Gasteiger charge is -2.35. The van der Waals surface area contributed by atoms with Gasteiger partial charge in [0.2, 0.25) is 0 Å². The number of carbonyl (C=O) groups is 1. The third kappa shape index (κ3) is 4.50. The molecule has 158 valence electrons. The highest BCUT2D eigenvalue weighted by molar-refractivity contribution is 5.78. The van der Waals surface area contributed by atoms with Crippen LogP contribution in [-0.2, 0) is 4.74 Å². The van der Waals surface area contributed by atoms with Crippen LogP contribution >= 0.6 is 0 Å². The first-order chi connectivity index (χ1) is 14.6. The van der Waals surface area contributed by atoms with Gasteiger partial charge in [-0.05, 0) is 24.6 Å². The van der Waals surface area contributed by atoms with Crippen LogP contribution < -0.4 is 5.32 Å². The summed E-state index contributed by atoms with van der Waals surface area (Å²) >= 11 is 0. The van der Waals surface area contributed by atoms with Gasteiger partial charge in [-0.15, -0.1) is 0 Å². The summed E-state index contributed by atoms with van der Waals surface area (Å²) in [6, 6.07) is 20.1. The molecule has 6 heteroatoms. The van der Waals surface area contributed by atoms with Gasteiger partial charge in [0.25, 0.3) is 0 Å². The summed E-state index contributed by atoms with van der Waals surface area (Å²) in [6.45, 7) is 5.69. The van der Waals surface area contributed by atoms with Gasteiger partial charge < -0.3 is 19.4 Å². The summed E-state index contributed by atoms with van der Waals surface area (Å²) in [5.74, 6) is 0.779. The molecule has 0 aliphatic carbocycles. The van der Waals surface area contributed by atoms with Gasteiger partial charge in [-0.2, -0.15) is 0 Å². The largest absolute Gasteiger partial charge is 0.459 e. The van der Waals surface area contributed by atoms with E-state index in [9.17, 15) is 4.79 Å². The molecule has 1 N–H and O–H groups in total. The lowest BCUT2D eigenvalue weighted by atomic mass is 10.0. The van der Waals surface area contributed by atoms with Crippen LogP contribution in [0.3, 0.4) is 0 Å². The molecule has 2 atom stereocenters. The van der Waals surface area contributed by atoms with E-state index >= 15 is 0 Å². The van der Waals surface area contributed by atoms with E-state index in [4.69, 9.17) is 9.15 Å². The zero-order valence-corrected chi connectivity index (χ0v) is 17.6. The lowest BCUT2D eigenvalue weighted by molar-refractivity contribution is 0.0164. The highest BCUT2D eigenvalue weighted by Crippen LogP contribution is 2.27. The maximum atomic E-state index is 12.9. The van der Waals surface area contributed by atoms with E-state index < -0.39 is 0 Å². The first-order valence-corrected chi connectivity index (χ1v) is 10.5. The van der Waals surface area contributed by atoms with Crippen LogP contribution in [0.2, 0.25) is 0 Å². The second kappa shape index (κ2) is 9.32. The van der Waals surface area contributed by atoms with Gasteiger partial charge in [-0.1, -0.05) is 48.5 Å². The number of morpholine rings is 1. The number of amides is 2. The number of rotatable bonds is 6. The number of hydrogen-bond acceptors (Lipinski definition) is 4. The van der Waals surface area contributed by atoms with Crippen LogP contribution in [0, 0.1) is 0 Å². The predicted molar refractivity (Wildman–Crippen MR) is 117 cm³/mol. The number of benzene rings is 2. The maximum Gasteiger partial charge on any atom is 0.317 e. The number of carbonyl (C=O) groups excluding carboxylic acids is 1. The van der Waals surface area contributed by atoms with Crippen LogP contribution in [0.25, 0.3) is 11.0 Å². The minimum absolute atomic E-state index is 0.114. The van der Waals surface area contributed by atoms with Crippen molar-refractivity contribution in [1.29, 1.82) is 0 Å². The van der Waals surface area contributed by atoms with Crippen molar-refractivity contribution in [2.75, 3.05) is 39.9 Å². The Labute approximate surface area is 177 Å². The van der Waals surface area contributed by atoms with Crippen LogP contribution in [0.1, 0.15) is 30.3 Å². The van der Waals surface area contributed by atoms with Crippen molar-refractivity contribution < 1.29 is 13.9 Å². The number of nitrogens with zero attached hydrogens (tertiary/aromatic N) is 2. The molecule has 0 unspecified atom stereocenters. The average Bonchev–Trinajstić information content (AvgIpc) is 3.24. The Hall–Kier alpha value is -2.83. The molecule has 4 rings (SSSR count). The van der Waals surface area contributed by atoms with Crippen LogP contribution in [0.4, 0.5) is 4.79 Å². The van der Waals surface area contributed by atoms with E-state index in [0.29, 0.717) is 6.54 Å². The number of furan rings is 1. The summed E-state index contributed by atoms with van der Waals surface area (Å²) in [4.78, 5) is 17.0. The summed E-state index contributed by atoms with van der Waals surface area (Å²) in [6.07, 6.45) is 0. The van der Waals surface area contributed by atoms with Gasteiger partial charge in [-0.25, -0.2) is 4.79 Å². The topological polar surface area (TPSA) is 58.0 Å². The quantitative estimate of drug-likeness (QED) is 0.665. The van der Waals surface area contributed by atoms with Crippen molar-refractivity contribution in [2.24, 2.45) is 0 Å². The smallest absolute Gasteiger partial charge is 0.317 e. The SMILES string of the molecule is C[C@@H](c1cc2ccccc2o1)N(C)C(=O)NC[C@@H](c1ccccc1)N1CCOCC1. The summed E-state index contributed by atoms with van der Waals surface area (Å²) in [5.41, 5.74) is 2.04. The molecule has 3 aromatic rings. The van der Waals surface area contributed by atoms with E-state index in [1.165, 1.54) is 5.56 Å². The van der Waals surface area contributed by atoms with Crippen LogP contribution in [0.5, 0.6) is 0 Å². The minimum Gasteiger partial charge on any atom is -0.459 e. The third-order valence-electron chi connectivity index (χ3n) is 5.88. The molecule has 6 nitrogen and oxygen atoms in total. The summed E-state index contributed by atoms with van der Waals surface area (Å²) in [7, 11) is 1.81. The zero-order valence-electron chi connectivity index (χ0n) is 17.6.